The molecule has 0 unspecified atom stereocenters. The monoisotopic (exact) mass is 1850 g/mol. The summed E-state index contributed by atoms with van der Waals surface area (Å²) >= 11 is 15.1. The largest absolute Gasteiger partial charge is 0.495 e. The van der Waals surface area contributed by atoms with E-state index in [-0.39, 0.29) is 71.1 Å². The van der Waals surface area contributed by atoms with Crippen molar-refractivity contribution < 1.29 is 52.6 Å². The molecule has 0 atom stereocenters. The van der Waals surface area contributed by atoms with E-state index in [2.05, 4.69) is 77.6 Å². The lowest BCUT2D eigenvalue weighted by molar-refractivity contribution is -0.135. The maximum atomic E-state index is 13.7. The number of piperidine rings is 5. The first-order valence-corrected chi connectivity index (χ1v) is 47.5. The SMILES string of the molecule is C=C1CCN(c2cc(C(=O)N3CCC4(CCN(C(=O)CCCCCCCN5CCN(c6cc(Nc7ncc(C(=O)Nc8c(C)cccc8Cl)s7)nc(C)n6)CC5)CC4)CC3)ccc2OC)C(=O)C1.COc1ccc(C(=O)N2CCC3(CCN(C(=O)CN4CCN(c5cc(Nc6ncc(C(=O)Nc7c(C)cccc7Cl)s6)nc(C)n5)CC4)CC3)CC2)cc1N1CCC(=O)NC1=O. The number of anilines is 10. The fourth-order valence-corrected chi connectivity index (χ4v) is 20.6. The number of aromatic nitrogens is 6. The molecule has 0 bridgehead atoms. The summed E-state index contributed by atoms with van der Waals surface area (Å²) in [5, 5.41) is 16.7. The summed E-state index contributed by atoms with van der Waals surface area (Å²) in [6.07, 6.45) is 17.8. The van der Waals surface area contributed by atoms with Gasteiger partial charge >= 0.3 is 6.03 Å². The molecule has 130 heavy (non-hydrogen) atoms. The Morgan fingerprint density at radius 3 is 1.39 bits per heavy atom. The van der Waals surface area contributed by atoms with Crippen LogP contribution in [0.15, 0.2) is 109 Å². The maximum absolute atomic E-state index is 13.7. The molecule has 4 aromatic heterocycles. The molecular weight excluding hydrogens is 1730 g/mol. The van der Waals surface area contributed by atoms with Crippen LogP contribution in [0.25, 0.3) is 0 Å². The zero-order valence-electron chi connectivity index (χ0n) is 74.8. The smallest absolute Gasteiger partial charge is 0.328 e. The van der Waals surface area contributed by atoms with Crippen molar-refractivity contribution in [2.75, 3.05) is 186 Å². The lowest BCUT2D eigenvalue weighted by Crippen LogP contribution is -2.53. The molecule has 2 spiro atoms. The molecule has 8 aliphatic rings. The average Bonchev–Trinajstić information content (AvgIpc) is 0.897. The second kappa shape index (κ2) is 42.2. The van der Waals surface area contributed by atoms with Gasteiger partial charge in [0, 0.05) is 160 Å². The van der Waals surface area contributed by atoms with Gasteiger partial charge in [0.2, 0.25) is 23.6 Å². The highest BCUT2D eigenvalue weighted by atomic mass is 35.5. The molecule has 0 aliphatic carbocycles. The van der Waals surface area contributed by atoms with Gasteiger partial charge in [0.15, 0.2) is 10.3 Å². The van der Waals surface area contributed by atoms with E-state index in [4.69, 9.17) is 42.6 Å². The Kier molecular flexibility index (Phi) is 30.3. The van der Waals surface area contributed by atoms with Gasteiger partial charge in [-0.25, -0.2) is 34.7 Å². The number of carbonyl (C=O) groups is 9. The summed E-state index contributed by atoms with van der Waals surface area (Å²) in [4.78, 5) is 166. The number of methoxy groups -OCH3 is 2. The Hall–Kier alpha value is -11.4. The van der Waals surface area contributed by atoms with E-state index in [1.807, 2.05) is 84.9 Å². The van der Waals surface area contributed by atoms with Crippen LogP contribution >= 0.6 is 45.9 Å². The topological polar surface area (TPSA) is 342 Å². The Morgan fingerprint density at radius 2 is 0.931 bits per heavy atom. The number of imide groups is 1. The number of rotatable bonds is 26. The van der Waals surface area contributed by atoms with Gasteiger partial charge in [0.25, 0.3) is 23.6 Å². The van der Waals surface area contributed by atoms with Crippen LogP contribution < -0.4 is 55.7 Å². The highest BCUT2D eigenvalue weighted by Crippen LogP contribution is 2.45. The number of para-hydroxylation sites is 2. The molecule has 12 heterocycles. The number of amides is 10. The van der Waals surface area contributed by atoms with Gasteiger partial charge in [0.1, 0.15) is 56.2 Å². The van der Waals surface area contributed by atoms with Crippen molar-refractivity contribution in [2.45, 2.75) is 137 Å². The molecule has 32 nitrogen and oxygen atoms in total. The number of carbonyl (C=O) groups excluding carboxylic acids is 9. The van der Waals surface area contributed by atoms with Gasteiger partial charge in [-0.2, -0.15) is 0 Å². The molecule has 4 aromatic carbocycles. The minimum atomic E-state index is -0.534. The number of urea groups is 1. The Morgan fingerprint density at radius 1 is 0.492 bits per heavy atom. The number of nitrogens with one attached hydrogen (secondary N) is 5. The van der Waals surface area contributed by atoms with Crippen molar-refractivity contribution >= 4 is 155 Å². The fourth-order valence-electron chi connectivity index (χ4n) is 18.6. The quantitative estimate of drug-likeness (QED) is 0.0248. The number of ether oxygens (including phenoxy) is 2. The van der Waals surface area contributed by atoms with E-state index < -0.39 is 6.03 Å². The molecule has 36 heteroatoms. The highest BCUT2D eigenvalue weighted by Gasteiger charge is 2.43. The van der Waals surface area contributed by atoms with Gasteiger partial charge < -0.3 is 65.0 Å². The third-order valence-electron chi connectivity index (χ3n) is 26.6. The van der Waals surface area contributed by atoms with Crippen molar-refractivity contribution in [3.63, 3.8) is 0 Å². The number of piperazine rings is 2. The number of likely N-dealkylation sites (tertiary alicyclic amines) is 4. The van der Waals surface area contributed by atoms with Crippen LogP contribution in [-0.4, -0.2) is 258 Å². The van der Waals surface area contributed by atoms with E-state index in [9.17, 15) is 43.2 Å². The van der Waals surface area contributed by atoms with E-state index in [0.29, 0.717) is 177 Å². The summed E-state index contributed by atoms with van der Waals surface area (Å²) in [5.41, 5.74) is 6.26. The number of nitrogens with zero attached hydrogens (tertiary/aromatic N) is 16. The second-order valence-corrected chi connectivity index (χ2v) is 38.0. The summed E-state index contributed by atoms with van der Waals surface area (Å²) in [7, 11) is 3.09. The maximum Gasteiger partial charge on any atom is 0.328 e. The van der Waals surface area contributed by atoms with Crippen LogP contribution in [0.2, 0.25) is 10.0 Å². The number of benzene rings is 4. The van der Waals surface area contributed by atoms with Gasteiger partial charge in [-0.3, -0.25) is 58.4 Å². The highest BCUT2D eigenvalue weighted by molar-refractivity contribution is 7.18. The molecule has 0 radical (unpaired) electrons. The Balaban J connectivity index is 0.000000200. The number of hydrogen-bond acceptors (Lipinski definition) is 25. The standard InChI is InChI=1S/C51H65ClN10O5S.C43H50ClN11O6S/c1-35-16-22-62(46(64)31-35)40-32-38(14-15-41(40)67-4)49(66)61-25-19-51(20-26-61)17-23-60(24-18-51)45(63)13-8-6-5-7-9-21-58-27-29-59(30-28-58)44-33-43(54-37(3)55-44)56-50-53-34-42(68-50)48(65)57-47-36(2)11-10-12-39(47)52;1-27-5-4-6-30(44)38(27)50-39(58)33-25-45-41(62-33)48-34-24-35(47-28(2)46-34)52-21-19-51(20-22-52)26-37(57)53-15-10-43(11-16-53)12-17-54(18-13-43)40(59)29-7-8-32(61-3)31(23-29)55-14-9-36(56)49-42(55)60/h10-12,14-15,32-34H,1,5-9,13,16-31H2,2-4H3,(H,57,65)(H,53,54,55,56);4-8,23-25H,9-22,26H2,1-3H3,(H,50,58)(H,49,56,60)(H,45,46,47,48). The summed E-state index contributed by atoms with van der Waals surface area (Å²) in [6, 6.07) is 24.7. The second-order valence-electron chi connectivity index (χ2n) is 35.1. The molecule has 5 N–H and O–H groups in total. The lowest BCUT2D eigenvalue weighted by atomic mass is 9.71. The van der Waals surface area contributed by atoms with E-state index >= 15 is 0 Å². The molecule has 8 fully saturated rings. The Bertz CT molecular complexity index is 5470. The number of hydrogen-bond donors (Lipinski definition) is 5. The predicted molar refractivity (Wildman–Crippen MR) is 507 cm³/mol. The lowest BCUT2D eigenvalue weighted by Gasteiger charge is -2.47. The van der Waals surface area contributed by atoms with Crippen molar-refractivity contribution in [2.24, 2.45) is 10.8 Å². The molecule has 10 amide bonds. The Labute approximate surface area is 776 Å². The van der Waals surface area contributed by atoms with Crippen LogP contribution in [0, 0.1) is 38.5 Å². The van der Waals surface area contributed by atoms with Crippen LogP contribution in [0.3, 0.4) is 0 Å². The van der Waals surface area contributed by atoms with Gasteiger partial charge in [-0.15, -0.1) is 0 Å². The molecule has 688 valence electrons. The minimum Gasteiger partial charge on any atom is -0.495 e. The van der Waals surface area contributed by atoms with Crippen LogP contribution in [0.4, 0.5) is 61.1 Å². The van der Waals surface area contributed by atoms with Crippen molar-refractivity contribution in [3.8, 4) is 11.5 Å². The molecule has 8 aromatic rings. The molecule has 16 rings (SSSR count). The first-order valence-electron chi connectivity index (χ1n) is 45.1. The minimum absolute atomic E-state index is 0.0119. The first kappa shape index (κ1) is 93.3. The zero-order valence-corrected chi connectivity index (χ0v) is 78.0. The molecule has 8 aliphatic heterocycles. The zero-order chi connectivity index (χ0) is 91.3. The summed E-state index contributed by atoms with van der Waals surface area (Å²) in [5.74, 6) is 4.55. The van der Waals surface area contributed by atoms with E-state index in [1.54, 1.807) is 60.7 Å². The summed E-state index contributed by atoms with van der Waals surface area (Å²) < 4.78 is 11.1. The first-order chi connectivity index (χ1) is 62.7. The van der Waals surface area contributed by atoms with E-state index in [0.717, 1.165) is 177 Å². The predicted octanol–water partition coefficient (Wildman–Crippen LogP) is 14.2. The third kappa shape index (κ3) is 22.9. The molecular formula is C94H115Cl2N21O11S2. The van der Waals surface area contributed by atoms with Gasteiger partial charge in [-0.1, -0.05) is 102 Å². The normalized spacial score (nSPS) is 17.9. The number of thiazole rings is 2. The molecule has 0 saturated carbocycles. The number of aryl methyl sites for hydroxylation is 4. The van der Waals surface area contributed by atoms with Crippen molar-refractivity contribution in [3.05, 3.63) is 163 Å². The van der Waals surface area contributed by atoms with Crippen LogP contribution in [0.1, 0.15) is 172 Å². The van der Waals surface area contributed by atoms with Crippen molar-refractivity contribution in [1.29, 1.82) is 0 Å². The number of unbranched alkanes of at least 4 members (excludes halogenated alkanes) is 4. The fraction of sp³-hybridized carbons (Fsp3) is 0.479. The van der Waals surface area contributed by atoms with E-state index in [1.165, 1.54) is 40.9 Å². The van der Waals surface area contributed by atoms with Crippen LogP contribution in [0.5, 0.6) is 11.5 Å². The summed E-state index contributed by atoms with van der Waals surface area (Å²) in [6.45, 7) is 25.8. The third-order valence-corrected chi connectivity index (χ3v) is 29.0. The number of halogens is 2. The van der Waals surface area contributed by atoms with Gasteiger partial charge in [-0.05, 0) is 175 Å². The van der Waals surface area contributed by atoms with Gasteiger partial charge in [0.05, 0.1) is 66.0 Å². The molecule has 8 saturated heterocycles. The van der Waals surface area contributed by atoms with Crippen molar-refractivity contribution in [1.82, 2.24) is 64.6 Å². The average molecular weight is 1850 g/mol. The van der Waals surface area contributed by atoms with Crippen LogP contribution in [-0.2, 0) is 19.2 Å².